The van der Waals surface area contributed by atoms with Crippen LogP contribution < -0.4 is 5.32 Å². The Kier molecular flexibility index (Phi) is 7.15. The van der Waals surface area contributed by atoms with Gasteiger partial charge in [-0.3, -0.25) is 19.7 Å². The van der Waals surface area contributed by atoms with Crippen molar-refractivity contribution in [2.75, 3.05) is 18.5 Å². The molecule has 1 amide bonds. The van der Waals surface area contributed by atoms with Crippen LogP contribution in [0.3, 0.4) is 0 Å². The smallest absolute Gasteiger partial charge is 0.311 e. The molecule has 0 radical (unpaired) electrons. The molecule has 0 spiro atoms. The predicted octanol–water partition coefficient (Wildman–Crippen LogP) is 1.96. The van der Waals surface area contributed by atoms with Crippen LogP contribution in [0.5, 0.6) is 0 Å². The van der Waals surface area contributed by atoms with Gasteiger partial charge >= 0.3 is 11.9 Å². The van der Waals surface area contributed by atoms with Crippen LogP contribution >= 0.6 is 11.3 Å². The van der Waals surface area contributed by atoms with Crippen LogP contribution in [0.4, 0.5) is 5.13 Å². The number of thiazole rings is 1. The third-order valence-electron chi connectivity index (χ3n) is 2.95. The number of amides is 1. The van der Waals surface area contributed by atoms with Crippen molar-refractivity contribution in [3.05, 3.63) is 35.2 Å². The summed E-state index contributed by atoms with van der Waals surface area (Å²) in [5.41, 5.74) is 0.509. The lowest BCUT2D eigenvalue weighted by atomic mass is 10.2. The van der Waals surface area contributed by atoms with Gasteiger partial charge in [0.2, 0.25) is 0 Å². The zero-order chi connectivity index (χ0) is 18.1. The fourth-order valence-electron chi connectivity index (χ4n) is 1.86. The van der Waals surface area contributed by atoms with Crippen LogP contribution in [0.2, 0.25) is 0 Å². The first kappa shape index (κ1) is 18.7. The molecule has 8 nitrogen and oxygen atoms in total. The Bertz CT molecular complexity index is 710. The topological polar surface area (TPSA) is 108 Å². The Morgan fingerprint density at radius 3 is 2.84 bits per heavy atom. The van der Waals surface area contributed by atoms with Crippen LogP contribution in [0.1, 0.15) is 24.8 Å². The monoisotopic (exact) mass is 366 g/mol. The summed E-state index contributed by atoms with van der Waals surface area (Å²) < 4.78 is 14.8. The average molecular weight is 366 g/mol. The lowest BCUT2D eigenvalue weighted by molar-refractivity contribution is -0.147. The third kappa shape index (κ3) is 6.76. The van der Waals surface area contributed by atoms with E-state index in [4.69, 9.17) is 13.9 Å². The normalized spacial score (nSPS) is 10.3. The summed E-state index contributed by atoms with van der Waals surface area (Å²) in [4.78, 5) is 38.8. The summed E-state index contributed by atoms with van der Waals surface area (Å²) in [6.45, 7) is 1.63. The molecule has 9 heteroatoms. The van der Waals surface area contributed by atoms with Crippen LogP contribution in [0.25, 0.3) is 0 Å². The van der Waals surface area contributed by atoms with Crippen molar-refractivity contribution < 1.29 is 28.3 Å². The Hall–Kier alpha value is -2.68. The van der Waals surface area contributed by atoms with Gasteiger partial charge in [-0.1, -0.05) is 0 Å². The summed E-state index contributed by atoms with van der Waals surface area (Å²) in [5, 5.41) is 4.50. The van der Waals surface area contributed by atoms with E-state index in [0.717, 1.165) is 0 Å². The first-order valence-electron chi connectivity index (χ1n) is 7.64. The second-order valence-electron chi connectivity index (χ2n) is 4.91. The molecule has 0 saturated heterocycles. The number of rotatable bonds is 9. The van der Waals surface area contributed by atoms with Crippen molar-refractivity contribution in [3.63, 3.8) is 0 Å². The molecule has 0 atom stereocenters. The Morgan fingerprint density at radius 2 is 2.12 bits per heavy atom. The van der Waals surface area contributed by atoms with Crippen molar-refractivity contribution in [1.29, 1.82) is 0 Å². The van der Waals surface area contributed by atoms with Crippen molar-refractivity contribution >= 4 is 34.3 Å². The molecule has 0 aliphatic carbocycles. The number of carbonyl (C=O) groups excluding carboxylic acids is 3. The standard InChI is InChI=1S/C16H18N2O6S/c1-2-22-15(21)8-11-10-25-16(17-11)18-13(19)9-24-14(20)6-5-12-4-3-7-23-12/h3-4,7,10H,2,5-6,8-9H2,1H3,(H,17,18,19). The maximum absolute atomic E-state index is 11.8. The molecule has 0 bridgehead atoms. The Balaban J connectivity index is 1.68. The van der Waals surface area contributed by atoms with E-state index >= 15 is 0 Å². The van der Waals surface area contributed by atoms with E-state index in [1.165, 1.54) is 17.6 Å². The number of carbonyl (C=O) groups is 3. The summed E-state index contributed by atoms with van der Waals surface area (Å²) >= 11 is 1.18. The molecule has 1 N–H and O–H groups in total. The second kappa shape index (κ2) is 9.58. The minimum atomic E-state index is -0.497. The molecule has 2 heterocycles. The van der Waals surface area contributed by atoms with Gasteiger partial charge in [0.05, 0.1) is 31.4 Å². The lowest BCUT2D eigenvalue weighted by Gasteiger charge is -2.04. The minimum Gasteiger partial charge on any atom is -0.469 e. The zero-order valence-electron chi connectivity index (χ0n) is 13.6. The summed E-state index contributed by atoms with van der Waals surface area (Å²) in [6.07, 6.45) is 2.11. The van der Waals surface area contributed by atoms with Gasteiger partial charge in [-0.05, 0) is 19.1 Å². The van der Waals surface area contributed by atoms with Gasteiger partial charge in [-0.2, -0.15) is 0 Å². The quantitative estimate of drug-likeness (QED) is 0.676. The molecular formula is C16H18N2O6S. The molecule has 2 rings (SSSR count). The number of ether oxygens (including phenoxy) is 2. The fraction of sp³-hybridized carbons (Fsp3) is 0.375. The number of esters is 2. The van der Waals surface area contributed by atoms with Gasteiger partial charge in [-0.25, -0.2) is 4.98 Å². The minimum absolute atomic E-state index is 0.0436. The summed E-state index contributed by atoms with van der Waals surface area (Å²) in [5.74, 6) is -0.688. The van der Waals surface area contributed by atoms with E-state index in [-0.39, 0.29) is 18.8 Å². The van der Waals surface area contributed by atoms with Gasteiger partial charge in [-0.15, -0.1) is 11.3 Å². The zero-order valence-corrected chi connectivity index (χ0v) is 14.5. The Labute approximate surface area is 148 Å². The van der Waals surface area contributed by atoms with E-state index in [2.05, 4.69) is 10.3 Å². The van der Waals surface area contributed by atoms with Crippen molar-refractivity contribution in [1.82, 2.24) is 4.98 Å². The molecule has 2 aromatic rings. The number of furan rings is 1. The van der Waals surface area contributed by atoms with Crippen molar-refractivity contribution in [3.8, 4) is 0 Å². The molecule has 0 fully saturated rings. The van der Waals surface area contributed by atoms with Gasteiger partial charge in [0.25, 0.3) is 5.91 Å². The second-order valence-corrected chi connectivity index (χ2v) is 5.77. The lowest BCUT2D eigenvalue weighted by Crippen LogP contribution is -2.21. The molecule has 25 heavy (non-hydrogen) atoms. The van der Waals surface area contributed by atoms with E-state index in [9.17, 15) is 14.4 Å². The van der Waals surface area contributed by atoms with Gasteiger partial charge < -0.3 is 13.9 Å². The first-order valence-corrected chi connectivity index (χ1v) is 8.52. The molecule has 0 aliphatic heterocycles. The van der Waals surface area contributed by atoms with Crippen LogP contribution in [0, 0.1) is 0 Å². The Morgan fingerprint density at radius 1 is 1.28 bits per heavy atom. The summed E-state index contributed by atoms with van der Waals surface area (Å²) in [6, 6.07) is 3.49. The number of nitrogens with zero attached hydrogens (tertiary/aromatic N) is 1. The molecule has 134 valence electrons. The molecule has 0 unspecified atom stereocenters. The van der Waals surface area contributed by atoms with E-state index in [0.29, 0.717) is 29.6 Å². The van der Waals surface area contributed by atoms with Gasteiger partial charge in [0.15, 0.2) is 11.7 Å². The number of hydrogen-bond acceptors (Lipinski definition) is 8. The number of hydrogen-bond donors (Lipinski definition) is 1. The fourth-order valence-corrected chi connectivity index (χ4v) is 2.59. The SMILES string of the molecule is CCOC(=O)Cc1csc(NC(=O)COC(=O)CCc2ccco2)n1. The van der Waals surface area contributed by atoms with Crippen molar-refractivity contribution in [2.24, 2.45) is 0 Å². The van der Waals surface area contributed by atoms with Crippen LogP contribution in [-0.4, -0.2) is 36.0 Å². The number of aromatic nitrogens is 1. The molecule has 2 aromatic heterocycles. The van der Waals surface area contributed by atoms with E-state index < -0.39 is 18.5 Å². The predicted molar refractivity (Wildman–Crippen MR) is 89.1 cm³/mol. The van der Waals surface area contributed by atoms with Crippen molar-refractivity contribution in [2.45, 2.75) is 26.2 Å². The molecule has 0 aliphatic rings. The number of nitrogens with one attached hydrogen (secondary N) is 1. The van der Waals surface area contributed by atoms with Crippen LogP contribution in [0.15, 0.2) is 28.2 Å². The largest absolute Gasteiger partial charge is 0.469 e. The van der Waals surface area contributed by atoms with Gasteiger partial charge in [0.1, 0.15) is 5.76 Å². The highest BCUT2D eigenvalue weighted by atomic mass is 32.1. The van der Waals surface area contributed by atoms with E-state index in [1.54, 1.807) is 24.4 Å². The van der Waals surface area contributed by atoms with Crippen LogP contribution in [-0.2, 0) is 36.7 Å². The maximum atomic E-state index is 11.8. The molecule has 0 aromatic carbocycles. The summed E-state index contributed by atoms with van der Waals surface area (Å²) in [7, 11) is 0. The van der Waals surface area contributed by atoms with E-state index in [1.807, 2.05) is 0 Å². The highest BCUT2D eigenvalue weighted by Gasteiger charge is 2.12. The third-order valence-corrected chi connectivity index (χ3v) is 3.76. The molecule has 0 saturated carbocycles. The van der Waals surface area contributed by atoms with Gasteiger partial charge in [0, 0.05) is 11.8 Å². The highest BCUT2D eigenvalue weighted by molar-refractivity contribution is 7.13. The molecular weight excluding hydrogens is 348 g/mol. The average Bonchev–Trinajstić information content (AvgIpc) is 3.23. The maximum Gasteiger partial charge on any atom is 0.311 e. The number of aryl methyl sites for hydroxylation is 1. The highest BCUT2D eigenvalue weighted by Crippen LogP contribution is 2.16. The first-order chi connectivity index (χ1) is 12.1. The number of anilines is 1.